The monoisotopic (exact) mass is 475 g/mol. The number of hydrogen-bond donors (Lipinski definition) is 1. The van der Waals surface area contributed by atoms with Gasteiger partial charge < -0.3 is 9.73 Å². The minimum atomic E-state index is -4.12. The number of amides is 1. The van der Waals surface area contributed by atoms with Crippen LogP contribution in [0.15, 0.2) is 82.3 Å². The number of hydrogen-bond acceptors (Lipinski definition) is 7. The highest BCUT2D eigenvalue weighted by atomic mass is 32.2. The van der Waals surface area contributed by atoms with Crippen molar-refractivity contribution < 1.29 is 22.6 Å². The second-order valence-electron chi connectivity index (χ2n) is 6.58. The van der Waals surface area contributed by atoms with E-state index in [2.05, 4.69) is 5.32 Å². The summed E-state index contributed by atoms with van der Waals surface area (Å²) in [6.45, 7) is -0.181. The van der Waals surface area contributed by atoms with E-state index in [1.54, 1.807) is 42.3 Å². The van der Waals surface area contributed by atoms with E-state index in [0.29, 0.717) is 18.1 Å². The highest BCUT2D eigenvalue weighted by molar-refractivity contribution is 7.98. The molecule has 168 valence electrons. The van der Waals surface area contributed by atoms with Crippen molar-refractivity contribution in [3.05, 3.63) is 88.9 Å². The van der Waals surface area contributed by atoms with Gasteiger partial charge >= 0.3 is 0 Å². The smallest absolute Gasteiger partial charge is 0.271 e. The minimum Gasteiger partial charge on any atom is -0.468 e. The van der Waals surface area contributed by atoms with Crippen LogP contribution in [-0.2, 0) is 20.6 Å². The standard InChI is InChI=1S/C21H21N3O6S2/c25-21(22-11-13-31-16-19-8-5-12-30-19)15-23(17-6-4-7-18(14-17)24(26)27)32(28,29)20-9-2-1-3-10-20/h1-10,12,14H,11,13,15-16H2,(H,22,25). The van der Waals surface area contributed by atoms with Crippen molar-refractivity contribution in [2.45, 2.75) is 10.6 Å². The SMILES string of the molecule is O=C(CN(c1cccc([N+](=O)[O-])c1)S(=O)(=O)c1ccccc1)NCCSCc1ccco1. The number of nitro groups is 1. The highest BCUT2D eigenvalue weighted by Crippen LogP contribution is 2.26. The maximum atomic E-state index is 13.2. The number of sulfonamides is 1. The fraction of sp³-hybridized carbons (Fsp3) is 0.190. The van der Waals surface area contributed by atoms with Crippen LogP contribution >= 0.6 is 11.8 Å². The van der Waals surface area contributed by atoms with Gasteiger partial charge in [-0.25, -0.2) is 8.42 Å². The lowest BCUT2D eigenvalue weighted by Gasteiger charge is -2.24. The number of carbonyl (C=O) groups excluding carboxylic acids is 1. The van der Waals surface area contributed by atoms with Crippen molar-refractivity contribution in [2.24, 2.45) is 0 Å². The molecule has 0 aliphatic rings. The van der Waals surface area contributed by atoms with Gasteiger partial charge in [0.2, 0.25) is 5.91 Å². The van der Waals surface area contributed by atoms with E-state index in [9.17, 15) is 23.3 Å². The normalized spacial score (nSPS) is 11.1. The van der Waals surface area contributed by atoms with Crippen molar-refractivity contribution in [3.63, 3.8) is 0 Å². The summed E-state index contributed by atoms with van der Waals surface area (Å²) in [7, 11) is -4.12. The molecule has 32 heavy (non-hydrogen) atoms. The maximum Gasteiger partial charge on any atom is 0.271 e. The molecule has 3 rings (SSSR count). The van der Waals surface area contributed by atoms with Crippen molar-refractivity contribution in [3.8, 4) is 0 Å². The van der Waals surface area contributed by atoms with E-state index < -0.39 is 27.4 Å². The predicted molar refractivity (Wildman–Crippen MR) is 122 cm³/mol. The molecule has 0 bridgehead atoms. The Morgan fingerprint density at radius 1 is 1.09 bits per heavy atom. The van der Waals surface area contributed by atoms with Crippen LogP contribution < -0.4 is 9.62 Å². The van der Waals surface area contributed by atoms with Gasteiger partial charge in [-0.1, -0.05) is 24.3 Å². The van der Waals surface area contributed by atoms with Crippen molar-refractivity contribution >= 4 is 39.1 Å². The van der Waals surface area contributed by atoms with Gasteiger partial charge in [-0.2, -0.15) is 11.8 Å². The highest BCUT2D eigenvalue weighted by Gasteiger charge is 2.28. The summed E-state index contributed by atoms with van der Waals surface area (Å²) >= 11 is 1.56. The van der Waals surface area contributed by atoms with Gasteiger partial charge in [-0.3, -0.25) is 19.2 Å². The Morgan fingerprint density at radius 3 is 2.56 bits per heavy atom. The Morgan fingerprint density at radius 2 is 1.88 bits per heavy atom. The Labute approximate surface area is 189 Å². The fourth-order valence-electron chi connectivity index (χ4n) is 2.81. The molecule has 1 N–H and O–H groups in total. The average Bonchev–Trinajstić information content (AvgIpc) is 3.31. The van der Waals surface area contributed by atoms with Gasteiger partial charge in [0.1, 0.15) is 12.3 Å². The van der Waals surface area contributed by atoms with Crippen LogP contribution in [0, 0.1) is 10.1 Å². The zero-order chi connectivity index (χ0) is 23.0. The van der Waals surface area contributed by atoms with Crippen LogP contribution in [0.25, 0.3) is 0 Å². The van der Waals surface area contributed by atoms with E-state index in [0.717, 1.165) is 16.1 Å². The number of nitrogens with one attached hydrogen (secondary N) is 1. The van der Waals surface area contributed by atoms with Gasteiger partial charge in [0.05, 0.1) is 27.5 Å². The molecule has 3 aromatic rings. The number of anilines is 1. The van der Waals surface area contributed by atoms with Crippen LogP contribution in [0.1, 0.15) is 5.76 Å². The van der Waals surface area contributed by atoms with E-state index >= 15 is 0 Å². The van der Waals surface area contributed by atoms with Crippen LogP contribution in [0.3, 0.4) is 0 Å². The lowest BCUT2D eigenvalue weighted by molar-refractivity contribution is -0.384. The molecule has 1 amide bonds. The number of carbonyl (C=O) groups is 1. The molecule has 9 nitrogen and oxygen atoms in total. The average molecular weight is 476 g/mol. The topological polar surface area (TPSA) is 123 Å². The summed E-state index contributed by atoms with van der Waals surface area (Å²) in [5.41, 5.74) is -0.240. The summed E-state index contributed by atoms with van der Waals surface area (Å²) in [6, 6.07) is 16.5. The van der Waals surface area contributed by atoms with Crippen LogP contribution in [-0.4, -0.2) is 38.1 Å². The Hall–Kier alpha value is -3.31. The molecule has 11 heteroatoms. The minimum absolute atomic E-state index is 0.0201. The van der Waals surface area contributed by atoms with Gasteiger partial charge in [-0.05, 0) is 30.3 Å². The first-order valence-corrected chi connectivity index (χ1v) is 12.2. The summed E-state index contributed by atoms with van der Waals surface area (Å²) in [5.74, 6) is 1.57. The summed E-state index contributed by atoms with van der Waals surface area (Å²) < 4.78 is 32.6. The molecule has 0 radical (unpaired) electrons. The molecule has 0 saturated carbocycles. The first kappa shape index (κ1) is 23.4. The molecular weight excluding hydrogens is 454 g/mol. The summed E-state index contributed by atoms with van der Waals surface area (Å²) in [6.07, 6.45) is 1.59. The van der Waals surface area contributed by atoms with E-state index in [1.165, 1.54) is 30.3 Å². The van der Waals surface area contributed by atoms with Gasteiger partial charge in [0.15, 0.2) is 0 Å². The number of nitro benzene ring substituents is 1. The Bertz CT molecular complexity index is 1150. The van der Waals surface area contributed by atoms with Crippen LogP contribution in [0.4, 0.5) is 11.4 Å². The number of furan rings is 1. The van der Waals surface area contributed by atoms with Crippen molar-refractivity contribution in [2.75, 3.05) is 23.1 Å². The molecule has 1 heterocycles. The summed E-state index contributed by atoms with van der Waals surface area (Å²) in [5, 5.41) is 13.8. The predicted octanol–water partition coefficient (Wildman–Crippen LogP) is 3.43. The number of benzene rings is 2. The van der Waals surface area contributed by atoms with E-state index in [4.69, 9.17) is 4.42 Å². The van der Waals surface area contributed by atoms with E-state index in [-0.39, 0.29) is 16.3 Å². The fourth-order valence-corrected chi connectivity index (χ4v) is 5.00. The van der Waals surface area contributed by atoms with Crippen molar-refractivity contribution in [1.82, 2.24) is 5.32 Å². The molecule has 0 aliphatic heterocycles. The summed E-state index contributed by atoms with van der Waals surface area (Å²) in [4.78, 5) is 23.1. The first-order chi connectivity index (χ1) is 15.4. The zero-order valence-electron chi connectivity index (χ0n) is 16.9. The molecule has 1 aromatic heterocycles. The number of thioether (sulfide) groups is 1. The number of rotatable bonds is 11. The molecule has 0 spiro atoms. The third-order valence-electron chi connectivity index (χ3n) is 4.34. The lowest BCUT2D eigenvalue weighted by atomic mass is 10.3. The molecule has 0 unspecified atom stereocenters. The van der Waals surface area contributed by atoms with Crippen LogP contribution in [0.2, 0.25) is 0 Å². The van der Waals surface area contributed by atoms with E-state index in [1.807, 2.05) is 6.07 Å². The maximum absolute atomic E-state index is 13.2. The second-order valence-corrected chi connectivity index (χ2v) is 9.55. The zero-order valence-corrected chi connectivity index (χ0v) is 18.6. The number of nitrogens with zero attached hydrogens (tertiary/aromatic N) is 2. The third-order valence-corrected chi connectivity index (χ3v) is 7.11. The largest absolute Gasteiger partial charge is 0.468 e. The molecule has 0 aliphatic carbocycles. The first-order valence-electron chi connectivity index (χ1n) is 9.57. The number of non-ortho nitro benzene ring substituents is 1. The molecule has 0 saturated heterocycles. The van der Waals surface area contributed by atoms with Gasteiger partial charge in [-0.15, -0.1) is 0 Å². The molecule has 0 atom stereocenters. The van der Waals surface area contributed by atoms with Crippen LogP contribution in [0.5, 0.6) is 0 Å². The van der Waals surface area contributed by atoms with Gasteiger partial charge in [0, 0.05) is 24.4 Å². The van der Waals surface area contributed by atoms with Crippen molar-refractivity contribution in [1.29, 1.82) is 0 Å². The molecule has 2 aromatic carbocycles. The molecule has 0 fully saturated rings. The Balaban J connectivity index is 1.72. The van der Waals surface area contributed by atoms with Gasteiger partial charge in [0.25, 0.3) is 15.7 Å². The Kier molecular flexibility index (Phi) is 7.90. The third kappa shape index (κ3) is 6.11. The second kappa shape index (κ2) is 10.8. The molecular formula is C21H21N3O6S2. The lowest BCUT2D eigenvalue weighted by Crippen LogP contribution is -2.41. The quantitative estimate of drug-likeness (QED) is 0.256.